The van der Waals surface area contributed by atoms with Crippen molar-refractivity contribution in [3.05, 3.63) is 0 Å². The van der Waals surface area contributed by atoms with E-state index in [0.717, 1.165) is 25.9 Å². The molecular weight excluding hydrogens is 242 g/mol. The number of hydrogen-bond acceptors (Lipinski definition) is 2. The van der Waals surface area contributed by atoms with Gasteiger partial charge in [0.25, 0.3) is 0 Å². The first-order chi connectivity index (χ1) is 8.09. The zero-order valence-corrected chi connectivity index (χ0v) is 10.7. The number of urea groups is 1. The topological polar surface area (TPSA) is 52.7 Å². The predicted octanol–water partition coefficient (Wildman–Crippen LogP) is 0.630. The van der Waals surface area contributed by atoms with Gasteiger partial charge >= 0.3 is 6.03 Å². The summed E-state index contributed by atoms with van der Waals surface area (Å²) in [6.45, 7) is 4.61. The van der Waals surface area contributed by atoms with Crippen LogP contribution in [0, 0.1) is 0 Å². The quantitative estimate of drug-likeness (QED) is 0.740. The van der Waals surface area contributed by atoms with Gasteiger partial charge in [-0.05, 0) is 19.8 Å². The van der Waals surface area contributed by atoms with Gasteiger partial charge in [-0.25, -0.2) is 4.79 Å². The Balaban J connectivity index is 1.85. The summed E-state index contributed by atoms with van der Waals surface area (Å²) >= 11 is 5.78. The van der Waals surface area contributed by atoms with Crippen LogP contribution in [0.25, 0.3) is 0 Å². The van der Waals surface area contributed by atoms with Gasteiger partial charge in [0, 0.05) is 32.2 Å². The average Bonchev–Trinajstić information content (AvgIpc) is 2.74. The molecule has 0 aromatic heterocycles. The minimum atomic E-state index is -0.457. The highest BCUT2D eigenvalue weighted by Gasteiger charge is 2.32. The van der Waals surface area contributed by atoms with Crippen molar-refractivity contribution in [2.24, 2.45) is 0 Å². The molecule has 0 bridgehead atoms. The van der Waals surface area contributed by atoms with Crippen molar-refractivity contribution in [3.8, 4) is 0 Å². The van der Waals surface area contributed by atoms with E-state index in [1.807, 2.05) is 4.90 Å². The lowest BCUT2D eigenvalue weighted by Gasteiger charge is -2.36. The minimum Gasteiger partial charge on any atom is -0.341 e. The number of nitrogens with one attached hydrogen (secondary N) is 1. The van der Waals surface area contributed by atoms with Gasteiger partial charge in [-0.3, -0.25) is 4.79 Å². The molecule has 2 aliphatic rings. The minimum absolute atomic E-state index is 0.00371. The first kappa shape index (κ1) is 12.5. The molecule has 0 saturated carbocycles. The summed E-state index contributed by atoms with van der Waals surface area (Å²) in [7, 11) is 0. The van der Waals surface area contributed by atoms with Crippen LogP contribution in [-0.2, 0) is 4.79 Å². The molecule has 0 aromatic rings. The predicted molar refractivity (Wildman–Crippen MR) is 65.0 cm³/mol. The fourth-order valence-electron chi connectivity index (χ4n) is 2.48. The summed E-state index contributed by atoms with van der Waals surface area (Å²) in [6, 6.07) is 0.299. The SMILES string of the molecule is CC(Cl)C(=O)N1CCC(N2CCNC2=O)CC1. The van der Waals surface area contributed by atoms with Crippen LogP contribution in [0.4, 0.5) is 4.79 Å². The highest BCUT2D eigenvalue weighted by atomic mass is 35.5. The lowest BCUT2D eigenvalue weighted by atomic mass is 10.0. The second-order valence-corrected chi connectivity index (χ2v) is 5.25. The van der Waals surface area contributed by atoms with E-state index < -0.39 is 5.38 Å². The first-order valence-electron chi connectivity index (χ1n) is 6.07. The Kier molecular flexibility index (Phi) is 3.76. The lowest BCUT2D eigenvalue weighted by Crippen LogP contribution is -2.49. The first-order valence-corrected chi connectivity index (χ1v) is 6.50. The van der Waals surface area contributed by atoms with E-state index in [2.05, 4.69) is 5.32 Å². The van der Waals surface area contributed by atoms with Gasteiger partial charge in [0.2, 0.25) is 5.91 Å². The molecule has 6 heteroatoms. The van der Waals surface area contributed by atoms with Gasteiger partial charge in [-0.15, -0.1) is 11.6 Å². The fourth-order valence-corrected chi connectivity index (χ4v) is 2.62. The molecule has 2 saturated heterocycles. The van der Waals surface area contributed by atoms with Gasteiger partial charge in [-0.2, -0.15) is 0 Å². The van der Waals surface area contributed by atoms with E-state index in [1.165, 1.54) is 0 Å². The smallest absolute Gasteiger partial charge is 0.317 e. The maximum Gasteiger partial charge on any atom is 0.317 e. The van der Waals surface area contributed by atoms with Crippen LogP contribution in [0.2, 0.25) is 0 Å². The van der Waals surface area contributed by atoms with E-state index in [0.29, 0.717) is 13.1 Å². The maximum atomic E-state index is 11.7. The third-order valence-electron chi connectivity index (χ3n) is 3.45. The van der Waals surface area contributed by atoms with Gasteiger partial charge in [0.1, 0.15) is 5.38 Å². The van der Waals surface area contributed by atoms with Crippen molar-refractivity contribution in [1.29, 1.82) is 0 Å². The summed E-state index contributed by atoms with van der Waals surface area (Å²) in [4.78, 5) is 26.9. The maximum absolute atomic E-state index is 11.7. The molecule has 1 N–H and O–H groups in total. The molecule has 0 aliphatic carbocycles. The summed E-state index contributed by atoms with van der Waals surface area (Å²) in [5, 5.41) is 2.35. The summed E-state index contributed by atoms with van der Waals surface area (Å²) < 4.78 is 0. The highest BCUT2D eigenvalue weighted by molar-refractivity contribution is 6.30. The van der Waals surface area contributed by atoms with Crippen LogP contribution in [-0.4, -0.2) is 59.3 Å². The normalized spacial score (nSPS) is 23.8. The van der Waals surface area contributed by atoms with Crippen molar-refractivity contribution < 1.29 is 9.59 Å². The molecular formula is C11H18ClN3O2. The number of likely N-dealkylation sites (tertiary alicyclic amines) is 1. The number of nitrogens with zero attached hydrogens (tertiary/aromatic N) is 2. The molecule has 0 aromatic carbocycles. The van der Waals surface area contributed by atoms with Gasteiger partial charge in [-0.1, -0.05) is 0 Å². The van der Waals surface area contributed by atoms with Gasteiger partial charge in [0.15, 0.2) is 0 Å². The molecule has 2 fully saturated rings. The fraction of sp³-hybridized carbons (Fsp3) is 0.818. The summed E-state index contributed by atoms with van der Waals surface area (Å²) in [5.41, 5.74) is 0. The number of hydrogen-bond donors (Lipinski definition) is 1. The number of piperidine rings is 1. The van der Waals surface area contributed by atoms with E-state index in [1.54, 1.807) is 11.8 Å². The Hall–Kier alpha value is -0.970. The molecule has 1 atom stereocenters. The molecule has 0 spiro atoms. The number of rotatable bonds is 2. The molecule has 2 rings (SSSR count). The number of alkyl halides is 1. The highest BCUT2D eigenvalue weighted by Crippen LogP contribution is 2.19. The van der Waals surface area contributed by atoms with Crippen LogP contribution < -0.4 is 5.32 Å². The molecule has 3 amide bonds. The third-order valence-corrected chi connectivity index (χ3v) is 3.63. The van der Waals surface area contributed by atoms with Crippen LogP contribution in [0.1, 0.15) is 19.8 Å². The monoisotopic (exact) mass is 259 g/mol. The second kappa shape index (κ2) is 5.12. The van der Waals surface area contributed by atoms with E-state index in [-0.39, 0.29) is 18.0 Å². The van der Waals surface area contributed by atoms with Crippen molar-refractivity contribution in [3.63, 3.8) is 0 Å². The molecule has 5 nitrogen and oxygen atoms in total. The van der Waals surface area contributed by atoms with Gasteiger partial charge < -0.3 is 15.1 Å². The lowest BCUT2D eigenvalue weighted by molar-refractivity contribution is -0.131. The molecule has 2 heterocycles. The van der Waals surface area contributed by atoms with E-state index in [4.69, 9.17) is 11.6 Å². The van der Waals surface area contributed by atoms with Crippen molar-refractivity contribution in [2.45, 2.75) is 31.2 Å². The van der Waals surface area contributed by atoms with Crippen LogP contribution in [0.5, 0.6) is 0 Å². The summed E-state index contributed by atoms with van der Waals surface area (Å²) in [6.07, 6.45) is 1.70. The number of carbonyl (C=O) groups excluding carboxylic acids is 2. The van der Waals surface area contributed by atoms with E-state index in [9.17, 15) is 9.59 Å². The van der Waals surface area contributed by atoms with E-state index >= 15 is 0 Å². The zero-order chi connectivity index (χ0) is 12.4. The van der Waals surface area contributed by atoms with Gasteiger partial charge in [0.05, 0.1) is 0 Å². The summed E-state index contributed by atoms with van der Waals surface area (Å²) in [5.74, 6) is -0.00371. The van der Waals surface area contributed by atoms with Crippen LogP contribution in [0.3, 0.4) is 0 Å². The van der Waals surface area contributed by atoms with Crippen molar-refractivity contribution in [1.82, 2.24) is 15.1 Å². The average molecular weight is 260 g/mol. The second-order valence-electron chi connectivity index (χ2n) is 4.60. The Morgan fingerprint density at radius 2 is 2.06 bits per heavy atom. The molecule has 96 valence electrons. The standard InChI is InChI=1S/C11H18ClN3O2/c1-8(12)10(16)14-5-2-9(3-6-14)15-7-4-13-11(15)17/h8-9H,2-7H2,1H3,(H,13,17). The zero-order valence-electron chi connectivity index (χ0n) is 9.99. The van der Waals surface area contributed by atoms with Crippen LogP contribution in [0.15, 0.2) is 0 Å². The molecule has 0 radical (unpaired) electrons. The molecule has 2 aliphatic heterocycles. The Labute approximate surface area is 106 Å². The van der Waals surface area contributed by atoms with Crippen molar-refractivity contribution >= 4 is 23.5 Å². The largest absolute Gasteiger partial charge is 0.341 e. The number of halogens is 1. The molecule has 17 heavy (non-hydrogen) atoms. The third kappa shape index (κ3) is 2.65. The van der Waals surface area contributed by atoms with Crippen molar-refractivity contribution in [2.75, 3.05) is 26.2 Å². The number of carbonyl (C=O) groups is 2. The van der Waals surface area contributed by atoms with Crippen LogP contribution >= 0.6 is 11.6 Å². The number of amides is 3. The Bertz CT molecular complexity index is 314. The molecule has 1 unspecified atom stereocenters. The Morgan fingerprint density at radius 1 is 1.41 bits per heavy atom. The Morgan fingerprint density at radius 3 is 2.53 bits per heavy atom.